The Balaban J connectivity index is 0.00000264. The molecule has 1 fully saturated rings. The van der Waals surface area contributed by atoms with E-state index in [-0.39, 0.29) is 24.0 Å². The van der Waals surface area contributed by atoms with Gasteiger partial charge in [-0.2, -0.15) is 5.10 Å². The van der Waals surface area contributed by atoms with Gasteiger partial charge in [0.15, 0.2) is 5.96 Å². The molecule has 0 bridgehead atoms. The van der Waals surface area contributed by atoms with E-state index in [1.165, 1.54) is 18.4 Å². The zero-order valence-electron chi connectivity index (χ0n) is 14.5. The minimum Gasteiger partial charge on any atom is -0.379 e. The summed E-state index contributed by atoms with van der Waals surface area (Å²) < 4.78 is 7.65. The number of guanidine groups is 1. The standard InChI is InChI=1S/C16H29N5O.HI/c1-14-11-19-21(12-14)8-4-7-18-16(17-2)20(3)9-10-22-13-15-5-6-15;/h11-12,15H,4-10,13H2,1-3H3,(H,17,18);1H. The third-order valence-electron chi connectivity index (χ3n) is 3.80. The minimum absolute atomic E-state index is 0. The van der Waals surface area contributed by atoms with E-state index >= 15 is 0 Å². The smallest absolute Gasteiger partial charge is 0.193 e. The number of ether oxygens (including phenoxy) is 1. The largest absolute Gasteiger partial charge is 0.379 e. The fourth-order valence-corrected chi connectivity index (χ4v) is 2.26. The van der Waals surface area contributed by atoms with Crippen molar-refractivity contribution in [1.82, 2.24) is 20.0 Å². The van der Waals surface area contributed by atoms with Crippen molar-refractivity contribution in [3.63, 3.8) is 0 Å². The van der Waals surface area contributed by atoms with Gasteiger partial charge in [-0.05, 0) is 37.7 Å². The molecule has 1 N–H and O–H groups in total. The summed E-state index contributed by atoms with van der Waals surface area (Å²) >= 11 is 0. The lowest BCUT2D eigenvalue weighted by molar-refractivity contribution is 0.115. The molecule has 1 heterocycles. The monoisotopic (exact) mass is 435 g/mol. The second-order valence-electron chi connectivity index (χ2n) is 6.05. The molecule has 0 spiro atoms. The van der Waals surface area contributed by atoms with Crippen molar-refractivity contribution in [3.05, 3.63) is 18.0 Å². The molecule has 0 amide bonds. The van der Waals surface area contributed by atoms with Gasteiger partial charge in [-0.25, -0.2) is 0 Å². The first kappa shape index (κ1) is 20.2. The van der Waals surface area contributed by atoms with Crippen molar-refractivity contribution in [3.8, 4) is 0 Å². The molecule has 1 aromatic rings. The van der Waals surface area contributed by atoms with Crippen LogP contribution in [0.2, 0.25) is 0 Å². The number of rotatable bonds is 9. The van der Waals surface area contributed by atoms with Crippen LogP contribution >= 0.6 is 24.0 Å². The highest BCUT2D eigenvalue weighted by Gasteiger charge is 2.21. The molecule has 1 aliphatic carbocycles. The average Bonchev–Trinajstić information content (AvgIpc) is 3.24. The van der Waals surface area contributed by atoms with Crippen LogP contribution in [0.15, 0.2) is 17.4 Å². The van der Waals surface area contributed by atoms with E-state index in [4.69, 9.17) is 4.74 Å². The van der Waals surface area contributed by atoms with Crippen molar-refractivity contribution in [1.29, 1.82) is 0 Å². The zero-order valence-corrected chi connectivity index (χ0v) is 16.8. The fourth-order valence-electron chi connectivity index (χ4n) is 2.26. The van der Waals surface area contributed by atoms with Gasteiger partial charge < -0.3 is 15.0 Å². The van der Waals surface area contributed by atoms with Crippen LogP contribution < -0.4 is 5.32 Å². The lowest BCUT2D eigenvalue weighted by Gasteiger charge is -2.22. The Morgan fingerprint density at radius 3 is 2.91 bits per heavy atom. The topological polar surface area (TPSA) is 54.7 Å². The van der Waals surface area contributed by atoms with E-state index in [2.05, 4.69) is 33.4 Å². The van der Waals surface area contributed by atoms with E-state index in [0.717, 1.165) is 51.1 Å². The van der Waals surface area contributed by atoms with Gasteiger partial charge in [-0.15, -0.1) is 24.0 Å². The predicted molar refractivity (Wildman–Crippen MR) is 105 cm³/mol. The quantitative estimate of drug-likeness (QED) is 0.280. The summed E-state index contributed by atoms with van der Waals surface area (Å²) in [7, 11) is 3.87. The second kappa shape index (κ2) is 10.9. The Kier molecular flexibility index (Phi) is 9.54. The van der Waals surface area contributed by atoms with Crippen LogP contribution in [0.5, 0.6) is 0 Å². The molecule has 0 atom stereocenters. The summed E-state index contributed by atoms with van der Waals surface area (Å²) in [5.74, 6) is 1.75. The molecule has 0 saturated heterocycles. The molecule has 0 aromatic carbocycles. The summed E-state index contributed by atoms with van der Waals surface area (Å²) in [6.07, 6.45) is 7.66. The molecular weight excluding hydrogens is 405 g/mol. The Labute approximate surface area is 156 Å². The van der Waals surface area contributed by atoms with Gasteiger partial charge in [0.2, 0.25) is 0 Å². The Morgan fingerprint density at radius 2 is 2.30 bits per heavy atom. The summed E-state index contributed by atoms with van der Waals surface area (Å²) in [5, 5.41) is 7.68. The number of hydrogen-bond acceptors (Lipinski definition) is 3. The van der Waals surface area contributed by atoms with Crippen molar-refractivity contribution < 1.29 is 4.74 Å². The van der Waals surface area contributed by atoms with E-state index in [0.29, 0.717) is 0 Å². The number of aromatic nitrogens is 2. The molecule has 7 heteroatoms. The summed E-state index contributed by atoms with van der Waals surface area (Å²) in [4.78, 5) is 6.43. The van der Waals surface area contributed by atoms with Crippen molar-refractivity contribution in [2.75, 3.05) is 40.4 Å². The average molecular weight is 435 g/mol. The van der Waals surface area contributed by atoms with Crippen LogP contribution in [0.1, 0.15) is 24.8 Å². The molecule has 23 heavy (non-hydrogen) atoms. The van der Waals surface area contributed by atoms with Crippen molar-refractivity contribution >= 4 is 29.9 Å². The minimum atomic E-state index is 0. The third-order valence-corrected chi connectivity index (χ3v) is 3.80. The first-order chi connectivity index (χ1) is 10.7. The summed E-state index contributed by atoms with van der Waals surface area (Å²) in [6.45, 7) is 6.42. The molecule has 0 unspecified atom stereocenters. The van der Waals surface area contributed by atoms with Gasteiger partial charge in [0, 0.05) is 46.5 Å². The van der Waals surface area contributed by atoms with E-state index in [1.807, 2.05) is 25.0 Å². The third kappa shape index (κ3) is 8.01. The fraction of sp³-hybridized carbons (Fsp3) is 0.750. The normalized spacial score (nSPS) is 14.5. The maximum atomic E-state index is 5.67. The van der Waals surface area contributed by atoms with Crippen LogP contribution in [0.25, 0.3) is 0 Å². The lowest BCUT2D eigenvalue weighted by Crippen LogP contribution is -2.41. The summed E-state index contributed by atoms with van der Waals surface area (Å²) in [5.41, 5.74) is 1.20. The number of nitrogens with zero attached hydrogens (tertiary/aromatic N) is 4. The van der Waals surface area contributed by atoms with Crippen LogP contribution in [0.3, 0.4) is 0 Å². The van der Waals surface area contributed by atoms with Gasteiger partial charge in [0.25, 0.3) is 0 Å². The zero-order chi connectivity index (χ0) is 15.8. The van der Waals surface area contributed by atoms with E-state index in [1.54, 1.807) is 0 Å². The maximum Gasteiger partial charge on any atom is 0.193 e. The predicted octanol–water partition coefficient (Wildman–Crippen LogP) is 2.13. The highest BCUT2D eigenvalue weighted by molar-refractivity contribution is 14.0. The molecule has 1 aromatic heterocycles. The van der Waals surface area contributed by atoms with Gasteiger partial charge >= 0.3 is 0 Å². The van der Waals surface area contributed by atoms with Crippen LogP contribution in [0.4, 0.5) is 0 Å². The highest BCUT2D eigenvalue weighted by atomic mass is 127. The Bertz CT molecular complexity index is 473. The molecule has 0 aliphatic heterocycles. The molecule has 1 saturated carbocycles. The van der Waals surface area contributed by atoms with Gasteiger partial charge in [-0.1, -0.05) is 0 Å². The molecule has 1 aliphatic rings. The number of nitrogens with one attached hydrogen (secondary N) is 1. The number of halogens is 1. The first-order valence-electron chi connectivity index (χ1n) is 8.17. The Hall–Kier alpha value is -0.830. The first-order valence-corrected chi connectivity index (χ1v) is 8.17. The van der Waals surface area contributed by atoms with E-state index < -0.39 is 0 Å². The van der Waals surface area contributed by atoms with Crippen LogP contribution in [-0.4, -0.2) is 61.0 Å². The number of aryl methyl sites for hydroxylation is 2. The van der Waals surface area contributed by atoms with Crippen LogP contribution in [-0.2, 0) is 11.3 Å². The highest BCUT2D eigenvalue weighted by Crippen LogP contribution is 2.28. The van der Waals surface area contributed by atoms with E-state index in [9.17, 15) is 0 Å². The van der Waals surface area contributed by atoms with Crippen molar-refractivity contribution in [2.45, 2.75) is 32.7 Å². The molecule has 6 nitrogen and oxygen atoms in total. The number of aliphatic imine (C=N–C) groups is 1. The second-order valence-corrected chi connectivity index (χ2v) is 6.05. The van der Waals surface area contributed by atoms with Crippen molar-refractivity contribution in [2.24, 2.45) is 10.9 Å². The maximum absolute atomic E-state index is 5.67. The molecule has 0 radical (unpaired) electrons. The molecule has 132 valence electrons. The lowest BCUT2D eigenvalue weighted by atomic mass is 10.4. The molecule has 2 rings (SSSR count). The SMILES string of the molecule is CN=C(NCCCn1cc(C)cn1)N(C)CCOCC1CC1.I. The molecular formula is C16H30IN5O. The van der Waals surface area contributed by atoms with Gasteiger partial charge in [0.05, 0.1) is 12.8 Å². The van der Waals surface area contributed by atoms with Gasteiger partial charge in [0.1, 0.15) is 0 Å². The van der Waals surface area contributed by atoms with Crippen LogP contribution in [0, 0.1) is 12.8 Å². The summed E-state index contributed by atoms with van der Waals surface area (Å²) in [6, 6.07) is 0. The Morgan fingerprint density at radius 1 is 1.52 bits per heavy atom. The number of hydrogen-bond donors (Lipinski definition) is 1. The number of likely N-dealkylation sites (N-methyl/N-ethyl adjacent to an activating group) is 1. The van der Waals surface area contributed by atoms with Gasteiger partial charge in [-0.3, -0.25) is 9.67 Å².